The van der Waals surface area contributed by atoms with Gasteiger partial charge in [-0.1, -0.05) is 6.92 Å². The van der Waals surface area contributed by atoms with Crippen LogP contribution < -0.4 is 0 Å². The van der Waals surface area contributed by atoms with Gasteiger partial charge in [-0.3, -0.25) is 4.79 Å². The lowest BCUT2D eigenvalue weighted by Crippen LogP contribution is -2.45. The van der Waals surface area contributed by atoms with Crippen molar-refractivity contribution >= 4 is 5.78 Å². The Morgan fingerprint density at radius 2 is 1.50 bits per heavy atom. The zero-order valence-electron chi connectivity index (χ0n) is 15.2. The zero-order valence-corrected chi connectivity index (χ0v) is 15.2. The molecule has 2 aliphatic carbocycles. The largest absolute Gasteiger partial charge is 0.416 e. The third-order valence-electron chi connectivity index (χ3n) is 6.75. The monoisotopic (exact) mass is 388 g/mol. The molecule has 0 amide bonds. The van der Waals surface area contributed by atoms with Gasteiger partial charge in [-0.25, -0.2) is 0 Å². The predicted molar refractivity (Wildman–Crippen MR) is 83.2 cm³/mol. The first kappa shape index (κ1) is 21.5. The summed E-state index contributed by atoms with van der Waals surface area (Å²) in [6.45, 7) is 2.95. The number of hydrogen-bond donors (Lipinski definition) is 1. The molecule has 2 aliphatic rings. The second-order valence-corrected chi connectivity index (χ2v) is 8.54. The van der Waals surface area contributed by atoms with Gasteiger partial charge in [0.2, 0.25) is 0 Å². The van der Waals surface area contributed by atoms with Crippen LogP contribution in [0.4, 0.5) is 26.3 Å². The van der Waals surface area contributed by atoms with Gasteiger partial charge in [0.25, 0.3) is 0 Å². The minimum atomic E-state index is -4.75. The summed E-state index contributed by atoms with van der Waals surface area (Å²) in [5, 5.41) is 9.74. The van der Waals surface area contributed by atoms with E-state index in [1.165, 1.54) is 6.92 Å². The van der Waals surface area contributed by atoms with E-state index in [1.807, 2.05) is 0 Å². The summed E-state index contributed by atoms with van der Waals surface area (Å²) >= 11 is 0. The SMILES string of the molecule is CCC(C)(C(=O)CC1CC2CC(CC(C)(O)C(F)(F)F)C1C2)C(F)(F)F. The summed E-state index contributed by atoms with van der Waals surface area (Å²) in [5.74, 6) is -1.73. The number of hydrogen-bond acceptors (Lipinski definition) is 2. The van der Waals surface area contributed by atoms with E-state index < -0.39 is 41.5 Å². The van der Waals surface area contributed by atoms with Crippen LogP contribution >= 0.6 is 0 Å². The highest BCUT2D eigenvalue weighted by Crippen LogP contribution is 2.57. The number of carbonyl (C=O) groups excluding carboxylic acids is 1. The predicted octanol–water partition coefficient (Wildman–Crippen LogP) is 5.29. The molecular weight excluding hydrogens is 362 g/mol. The van der Waals surface area contributed by atoms with Crippen molar-refractivity contribution in [2.24, 2.45) is 29.1 Å². The summed E-state index contributed by atoms with van der Waals surface area (Å²) in [4.78, 5) is 12.4. The molecule has 6 unspecified atom stereocenters. The van der Waals surface area contributed by atoms with Crippen LogP contribution in [0.5, 0.6) is 0 Å². The first-order chi connectivity index (χ1) is 11.6. The normalized spacial score (nSPS) is 33.8. The Hall–Kier alpha value is -0.790. The molecule has 2 bridgehead atoms. The van der Waals surface area contributed by atoms with Gasteiger partial charge >= 0.3 is 12.4 Å². The van der Waals surface area contributed by atoms with Gasteiger partial charge in [-0.2, -0.15) is 26.3 Å². The molecule has 0 radical (unpaired) electrons. The van der Waals surface area contributed by atoms with E-state index in [-0.39, 0.29) is 30.6 Å². The van der Waals surface area contributed by atoms with Crippen molar-refractivity contribution in [3.05, 3.63) is 0 Å². The molecular formula is C18H26F6O2. The molecule has 1 N–H and O–H groups in total. The third kappa shape index (κ3) is 3.76. The van der Waals surface area contributed by atoms with Gasteiger partial charge in [-0.15, -0.1) is 0 Å². The molecule has 26 heavy (non-hydrogen) atoms. The number of halogens is 6. The van der Waals surface area contributed by atoms with Crippen LogP contribution in [0, 0.1) is 29.1 Å². The van der Waals surface area contributed by atoms with Gasteiger partial charge in [0, 0.05) is 6.42 Å². The van der Waals surface area contributed by atoms with E-state index in [9.17, 15) is 36.2 Å². The van der Waals surface area contributed by atoms with Gasteiger partial charge in [-0.05, 0) is 69.6 Å². The zero-order chi connectivity index (χ0) is 20.1. The Morgan fingerprint density at radius 1 is 0.962 bits per heavy atom. The van der Waals surface area contributed by atoms with Gasteiger partial charge < -0.3 is 5.11 Å². The third-order valence-corrected chi connectivity index (χ3v) is 6.75. The van der Waals surface area contributed by atoms with Crippen LogP contribution in [0.1, 0.15) is 59.3 Å². The first-order valence-corrected chi connectivity index (χ1v) is 9.01. The number of Topliss-reactive ketones (excluding diaryl/α,β-unsaturated/α-hetero) is 1. The van der Waals surface area contributed by atoms with E-state index in [0.717, 1.165) is 13.8 Å². The lowest BCUT2D eigenvalue weighted by Gasteiger charge is -2.37. The molecule has 2 fully saturated rings. The number of ketones is 1. The molecule has 0 aromatic heterocycles. The minimum absolute atomic E-state index is 0.130. The van der Waals surface area contributed by atoms with E-state index in [0.29, 0.717) is 19.3 Å². The van der Waals surface area contributed by atoms with E-state index >= 15 is 0 Å². The van der Waals surface area contributed by atoms with Crippen molar-refractivity contribution in [1.29, 1.82) is 0 Å². The van der Waals surface area contributed by atoms with Crippen molar-refractivity contribution in [2.45, 2.75) is 77.2 Å². The molecule has 152 valence electrons. The quantitative estimate of drug-likeness (QED) is 0.628. The lowest BCUT2D eigenvalue weighted by molar-refractivity contribution is -0.260. The fourth-order valence-corrected chi connectivity index (χ4v) is 4.76. The Balaban J connectivity index is 2.08. The maximum atomic E-state index is 13.3. The number of aliphatic hydroxyl groups is 1. The Morgan fingerprint density at radius 3 is 1.92 bits per heavy atom. The molecule has 0 saturated heterocycles. The molecule has 0 aromatic carbocycles. The van der Waals surface area contributed by atoms with Gasteiger partial charge in [0.05, 0.1) is 0 Å². The molecule has 2 nitrogen and oxygen atoms in total. The Labute approximate surface area is 149 Å². The van der Waals surface area contributed by atoms with E-state index in [4.69, 9.17) is 0 Å². The van der Waals surface area contributed by atoms with Gasteiger partial charge in [0.1, 0.15) is 11.2 Å². The summed E-state index contributed by atoms with van der Waals surface area (Å²) in [5.41, 5.74) is -5.23. The number of carbonyl (C=O) groups is 1. The molecule has 8 heteroatoms. The molecule has 2 rings (SSSR count). The van der Waals surface area contributed by atoms with Crippen molar-refractivity contribution in [1.82, 2.24) is 0 Å². The second kappa shape index (κ2) is 6.67. The summed E-state index contributed by atoms with van der Waals surface area (Å²) in [7, 11) is 0. The van der Waals surface area contributed by atoms with Crippen molar-refractivity contribution in [2.75, 3.05) is 0 Å². The highest BCUT2D eigenvalue weighted by atomic mass is 19.4. The highest BCUT2D eigenvalue weighted by Gasteiger charge is 2.58. The van der Waals surface area contributed by atoms with Crippen LogP contribution in [0.15, 0.2) is 0 Å². The van der Waals surface area contributed by atoms with Crippen LogP contribution in [-0.4, -0.2) is 28.8 Å². The fraction of sp³-hybridized carbons (Fsp3) is 0.944. The first-order valence-electron chi connectivity index (χ1n) is 9.01. The number of fused-ring (bicyclic) bond motifs is 2. The standard InChI is InChI=1S/C18H26F6O2/c1-4-15(2,17(19,20)21)14(25)8-11-5-10-6-12(13(11)7-10)9-16(3,26)18(22,23)24/h10-13,26H,4-9H2,1-3H3. The topological polar surface area (TPSA) is 37.3 Å². The van der Waals surface area contributed by atoms with Gasteiger partial charge in [0.15, 0.2) is 5.60 Å². The summed E-state index contributed by atoms with van der Waals surface area (Å²) in [6, 6.07) is 0. The van der Waals surface area contributed by atoms with E-state index in [1.54, 1.807) is 0 Å². The smallest absolute Gasteiger partial charge is 0.381 e. The Bertz CT molecular complexity index is 539. The van der Waals surface area contributed by atoms with Crippen molar-refractivity contribution in [3.63, 3.8) is 0 Å². The molecule has 0 spiro atoms. The fourth-order valence-electron chi connectivity index (χ4n) is 4.76. The average Bonchev–Trinajstić information content (AvgIpc) is 3.02. The van der Waals surface area contributed by atoms with Crippen molar-refractivity contribution in [3.8, 4) is 0 Å². The average molecular weight is 388 g/mol. The second-order valence-electron chi connectivity index (χ2n) is 8.54. The van der Waals surface area contributed by atoms with Crippen LogP contribution in [0.2, 0.25) is 0 Å². The maximum absolute atomic E-state index is 13.3. The maximum Gasteiger partial charge on any atom is 0.416 e. The lowest BCUT2D eigenvalue weighted by atomic mass is 9.71. The van der Waals surface area contributed by atoms with Crippen LogP contribution in [-0.2, 0) is 4.79 Å². The van der Waals surface area contributed by atoms with Crippen LogP contribution in [0.25, 0.3) is 0 Å². The molecule has 6 atom stereocenters. The molecule has 0 heterocycles. The number of rotatable bonds is 6. The molecule has 0 aromatic rings. The molecule has 0 aliphatic heterocycles. The number of alkyl halides is 6. The van der Waals surface area contributed by atoms with E-state index in [2.05, 4.69) is 0 Å². The minimum Gasteiger partial charge on any atom is -0.381 e. The summed E-state index contributed by atoms with van der Waals surface area (Å²) < 4.78 is 78.6. The van der Waals surface area contributed by atoms with Crippen molar-refractivity contribution < 1.29 is 36.2 Å². The van der Waals surface area contributed by atoms with Crippen LogP contribution in [0.3, 0.4) is 0 Å². The Kier molecular flexibility index (Phi) is 5.52. The highest BCUT2D eigenvalue weighted by molar-refractivity contribution is 5.85. The summed E-state index contributed by atoms with van der Waals surface area (Å²) in [6.07, 6.45) is -8.73. The molecule has 2 saturated carbocycles.